The zero-order valence-electron chi connectivity index (χ0n) is 32.6. The van der Waals surface area contributed by atoms with Gasteiger partial charge in [-0.25, -0.2) is 4.98 Å². The Bertz CT molecular complexity index is 3540. The zero-order valence-corrected chi connectivity index (χ0v) is 35.0. The minimum absolute atomic E-state index is 0. The fraction of sp³-hybridized carbons (Fsp3) is 0. The van der Waals surface area contributed by atoms with Crippen LogP contribution in [-0.2, 0) is 20.1 Å². The summed E-state index contributed by atoms with van der Waals surface area (Å²) in [6.45, 7) is 0. The van der Waals surface area contributed by atoms with Crippen molar-refractivity contribution in [3.63, 3.8) is 0 Å². The molecule has 0 aliphatic carbocycles. The maximum Gasteiger partial charge on any atom is 0.238 e. The molecule has 12 aromatic rings. The monoisotopic (exact) mass is 958 g/mol. The summed E-state index contributed by atoms with van der Waals surface area (Å²) in [7, 11) is 0. The minimum Gasteiger partial charge on any atom is -0.307 e. The third-order valence-electron chi connectivity index (χ3n) is 11.5. The molecule has 0 atom stereocenters. The molecule has 289 valence electrons. The van der Waals surface area contributed by atoms with E-state index in [1.807, 2.05) is 54.7 Å². The molecule has 1 radical (unpaired) electrons. The Morgan fingerprint density at radius 1 is 0.410 bits per heavy atom. The van der Waals surface area contributed by atoms with E-state index in [1.54, 1.807) is 0 Å². The second-order valence-corrected chi connectivity index (χ2v) is 15.0. The van der Waals surface area contributed by atoms with Gasteiger partial charge in [0.05, 0.1) is 22.1 Å². The largest absolute Gasteiger partial charge is 0.307 e. The van der Waals surface area contributed by atoms with Crippen molar-refractivity contribution >= 4 is 54.4 Å². The number of para-hydroxylation sites is 2. The van der Waals surface area contributed by atoms with Crippen LogP contribution >= 0.6 is 0 Å². The molecule has 0 amide bonds. The summed E-state index contributed by atoms with van der Waals surface area (Å²) in [6, 6.07) is 71.1. The molecule has 7 heteroatoms. The van der Waals surface area contributed by atoms with Crippen molar-refractivity contribution in [1.29, 1.82) is 0 Å². The van der Waals surface area contributed by atoms with Gasteiger partial charge < -0.3 is 9.55 Å². The van der Waals surface area contributed by atoms with Crippen LogP contribution in [0.4, 0.5) is 0 Å². The van der Waals surface area contributed by atoms with Crippen molar-refractivity contribution in [3.05, 3.63) is 206 Å². The molecule has 4 aromatic heterocycles. The van der Waals surface area contributed by atoms with Crippen LogP contribution in [0.15, 0.2) is 200 Å². The quantitative estimate of drug-likeness (QED) is 0.156. The molecule has 0 bridgehead atoms. The maximum absolute atomic E-state index is 5.30. The number of benzene rings is 8. The van der Waals surface area contributed by atoms with Gasteiger partial charge in [-0.1, -0.05) is 146 Å². The van der Waals surface area contributed by atoms with Gasteiger partial charge in [0.15, 0.2) is 11.6 Å². The van der Waals surface area contributed by atoms with E-state index < -0.39 is 0 Å². The van der Waals surface area contributed by atoms with E-state index in [0.717, 1.165) is 88.2 Å². The Morgan fingerprint density at radius 2 is 1.00 bits per heavy atom. The SMILES string of the molecule is [Ir].[c-]1ccc(-c2ccc3c(c2)c2ccc4c5ccccc5n(-c5ccccc5)c4c2n3-c2nc(-c3ccccc3)nc(-c3ccccc3)n2)cc1-c1cc2ccccc2cn1. The average Bonchev–Trinajstić information content (AvgIpc) is 3.85. The summed E-state index contributed by atoms with van der Waals surface area (Å²) in [4.78, 5) is 20.5. The molecular weight excluding hydrogens is 925 g/mol. The van der Waals surface area contributed by atoms with Crippen molar-refractivity contribution in [2.45, 2.75) is 0 Å². The summed E-state index contributed by atoms with van der Waals surface area (Å²) in [5.41, 5.74) is 11.2. The molecule has 8 aromatic carbocycles. The molecule has 61 heavy (non-hydrogen) atoms. The van der Waals surface area contributed by atoms with E-state index in [-0.39, 0.29) is 20.1 Å². The number of hydrogen-bond acceptors (Lipinski definition) is 4. The van der Waals surface area contributed by atoms with Gasteiger partial charge >= 0.3 is 0 Å². The van der Waals surface area contributed by atoms with Crippen molar-refractivity contribution in [2.24, 2.45) is 0 Å². The number of pyridine rings is 1. The Hall–Kier alpha value is -7.57. The van der Waals surface area contributed by atoms with Crippen LogP contribution in [-0.4, -0.2) is 29.1 Å². The van der Waals surface area contributed by atoms with Gasteiger partial charge in [-0.15, -0.1) is 35.4 Å². The molecule has 0 N–H and O–H groups in total. The van der Waals surface area contributed by atoms with Crippen LogP contribution < -0.4 is 0 Å². The number of aromatic nitrogens is 6. The molecule has 0 spiro atoms. The summed E-state index contributed by atoms with van der Waals surface area (Å²) >= 11 is 0. The molecule has 4 heterocycles. The van der Waals surface area contributed by atoms with Crippen molar-refractivity contribution in [3.8, 4) is 56.8 Å². The minimum atomic E-state index is 0. The van der Waals surface area contributed by atoms with E-state index in [1.165, 1.54) is 5.39 Å². The Morgan fingerprint density at radius 3 is 1.74 bits per heavy atom. The number of hydrogen-bond donors (Lipinski definition) is 0. The topological polar surface area (TPSA) is 61.4 Å². The third-order valence-corrected chi connectivity index (χ3v) is 11.5. The predicted octanol–water partition coefficient (Wildman–Crippen LogP) is 13.1. The molecule has 0 fully saturated rings. The third kappa shape index (κ3) is 6.13. The van der Waals surface area contributed by atoms with Gasteiger partial charge in [-0.3, -0.25) is 4.57 Å². The van der Waals surface area contributed by atoms with Crippen LogP contribution in [0.3, 0.4) is 0 Å². The average molecular weight is 958 g/mol. The van der Waals surface area contributed by atoms with Crippen molar-refractivity contribution in [2.75, 3.05) is 0 Å². The second-order valence-electron chi connectivity index (χ2n) is 15.0. The standard InChI is InChI=1S/C54H33N6.Ir/c1-4-15-35(16-5-1)52-56-53(36-17-6-2-7-18-36)58-54(57-52)60-49-30-27-39(37-21-14-22-40(31-37)47-33-38-19-10-11-20-41(38)34-55-47)32-46(49)45-29-28-44-43-25-12-13-26-48(43)59(50(44)51(45)60)42-23-8-3-9-24-42;/h1-21,23-34H;/q-1;. The Labute approximate surface area is 364 Å². The summed E-state index contributed by atoms with van der Waals surface area (Å²) in [6.07, 6.45) is 1.94. The van der Waals surface area contributed by atoms with Crippen LogP contribution in [0.2, 0.25) is 0 Å². The number of nitrogens with zero attached hydrogens (tertiary/aromatic N) is 6. The fourth-order valence-electron chi connectivity index (χ4n) is 8.71. The fourth-order valence-corrected chi connectivity index (χ4v) is 8.71. The first-order chi connectivity index (χ1) is 29.7. The van der Waals surface area contributed by atoms with E-state index in [0.29, 0.717) is 17.6 Å². The van der Waals surface area contributed by atoms with E-state index >= 15 is 0 Å². The molecule has 0 saturated heterocycles. The van der Waals surface area contributed by atoms with E-state index in [9.17, 15) is 0 Å². The first kappa shape index (κ1) is 36.5. The number of rotatable bonds is 6. The van der Waals surface area contributed by atoms with E-state index in [4.69, 9.17) is 19.9 Å². The first-order valence-corrected chi connectivity index (χ1v) is 20.1. The van der Waals surface area contributed by atoms with Crippen LogP contribution in [0.5, 0.6) is 0 Å². The van der Waals surface area contributed by atoms with Gasteiger partial charge in [-0.2, -0.15) is 9.97 Å². The molecule has 0 unspecified atom stereocenters. The van der Waals surface area contributed by atoms with Gasteiger partial charge in [0.1, 0.15) is 0 Å². The van der Waals surface area contributed by atoms with Gasteiger partial charge in [0, 0.05) is 64.7 Å². The second kappa shape index (κ2) is 14.9. The summed E-state index contributed by atoms with van der Waals surface area (Å²) < 4.78 is 4.63. The molecule has 6 nitrogen and oxygen atoms in total. The van der Waals surface area contributed by atoms with E-state index in [2.05, 4.69) is 161 Å². The van der Waals surface area contributed by atoms with Gasteiger partial charge in [0.25, 0.3) is 0 Å². The molecule has 0 saturated carbocycles. The van der Waals surface area contributed by atoms with Crippen LogP contribution in [0.1, 0.15) is 0 Å². The predicted molar refractivity (Wildman–Crippen MR) is 244 cm³/mol. The molecule has 0 aliphatic rings. The zero-order chi connectivity index (χ0) is 39.6. The molecule has 12 rings (SSSR count). The normalized spacial score (nSPS) is 11.5. The van der Waals surface area contributed by atoms with Crippen molar-refractivity contribution in [1.82, 2.24) is 29.1 Å². The van der Waals surface area contributed by atoms with Gasteiger partial charge in [-0.05, 0) is 52.4 Å². The summed E-state index contributed by atoms with van der Waals surface area (Å²) in [5, 5.41) is 6.79. The van der Waals surface area contributed by atoms with Crippen LogP contribution in [0, 0.1) is 6.07 Å². The van der Waals surface area contributed by atoms with Crippen molar-refractivity contribution < 1.29 is 20.1 Å². The van der Waals surface area contributed by atoms with Crippen LogP contribution in [0.25, 0.3) is 111 Å². The van der Waals surface area contributed by atoms with Gasteiger partial charge in [0.2, 0.25) is 5.95 Å². The smallest absolute Gasteiger partial charge is 0.238 e. The maximum atomic E-state index is 5.30. The first-order valence-electron chi connectivity index (χ1n) is 20.1. The Kier molecular flexibility index (Phi) is 8.92. The number of fused-ring (bicyclic) bond motifs is 8. The summed E-state index contributed by atoms with van der Waals surface area (Å²) in [5.74, 6) is 1.77. The molecular formula is C54H33IrN6-. The Balaban J connectivity index is 0.00000420. The molecule has 0 aliphatic heterocycles.